The number of amides is 2. The SMILES string of the molecule is CCCCCCCCC(=O)N(CCCN(C)C)C(CCCCCCCCC(=O)OCC(CCCC)CCCCCC)CCCCCCCCC(=O)OCC(CCCCCC)CCCCC(CCCC)CC(CCCCCC)OC(=O)CCCCCCCCC(CCCCCCCCC(=O)OC(CCCCCC)CCCCCC)N(CCCN(C)C)C(=O)CCCCCCC. The average molecular weight is 1820 g/mol. The number of rotatable bonds is 103. The number of carbonyl (C=O) groups excluding carboxylic acids is 6. The molecule has 0 spiro atoms. The second-order valence-electron chi connectivity index (χ2n) is 41.4. The zero-order valence-electron chi connectivity index (χ0n) is 88.8. The molecule has 0 heterocycles. The van der Waals surface area contributed by atoms with Crippen molar-refractivity contribution in [2.75, 3.05) is 67.6 Å². The van der Waals surface area contributed by atoms with E-state index in [4.69, 9.17) is 18.9 Å². The van der Waals surface area contributed by atoms with Crippen molar-refractivity contribution < 1.29 is 47.7 Å². The molecule has 0 saturated heterocycles. The summed E-state index contributed by atoms with van der Waals surface area (Å²) in [5, 5.41) is 0. The number of unbranched alkanes of at least 4 members (excludes halogenated alkanes) is 47. The van der Waals surface area contributed by atoms with Gasteiger partial charge in [0.25, 0.3) is 0 Å². The third-order valence-corrected chi connectivity index (χ3v) is 28.1. The molecule has 0 bridgehead atoms. The minimum atomic E-state index is -0.0324. The van der Waals surface area contributed by atoms with Crippen LogP contribution in [0, 0.1) is 17.8 Å². The molecule has 764 valence electrons. The van der Waals surface area contributed by atoms with Crippen LogP contribution in [-0.4, -0.2) is 147 Å². The standard InChI is InChI=1S/C115H224N4O10/c1-14-23-32-39-53-68-91-111(121)119(99-76-97-117(12)13)107(83-60-49-40-44-54-69-92-112(122)126-101-104(78-31-22-9)80-58-34-25-16-3)84-61-50-41-45-55-70-93-113(123)127-102-105(81-59-35-26-17-4)82-74-73-79-103(77-30-21-8)100-109(89-66-38-29-20-7)129-115(125)95-72-57-47-43-52-63-86-106(118(98-75-96-116(10)11)110(120)90-67-48-33-24-15-2)85-62-51-42-46-56-71-94-114(124)128-108(87-64-36-27-18-5)88-65-37-28-19-6/h103-109H,14-102H2,1-13H3. The first kappa shape index (κ1) is 126. The van der Waals surface area contributed by atoms with Gasteiger partial charge in [0.15, 0.2) is 0 Å². The van der Waals surface area contributed by atoms with E-state index in [0.717, 1.165) is 296 Å². The number of hydrogen-bond acceptors (Lipinski definition) is 12. The fourth-order valence-electron chi connectivity index (χ4n) is 19.6. The smallest absolute Gasteiger partial charge is 0.306 e. The summed E-state index contributed by atoms with van der Waals surface area (Å²) in [4.78, 5) is 90.7. The summed E-state index contributed by atoms with van der Waals surface area (Å²) in [5.74, 6) is 2.11. The van der Waals surface area contributed by atoms with E-state index in [-0.39, 0.29) is 48.2 Å². The molecule has 0 fully saturated rings. The quantitative estimate of drug-likeness (QED) is 0.0324. The third-order valence-electron chi connectivity index (χ3n) is 28.1. The summed E-state index contributed by atoms with van der Waals surface area (Å²) < 4.78 is 24.6. The highest BCUT2D eigenvalue weighted by molar-refractivity contribution is 5.77. The largest absolute Gasteiger partial charge is 0.465 e. The second kappa shape index (κ2) is 96.4. The van der Waals surface area contributed by atoms with Gasteiger partial charge in [-0.2, -0.15) is 0 Å². The predicted molar refractivity (Wildman–Crippen MR) is 555 cm³/mol. The first-order valence-corrected chi connectivity index (χ1v) is 57.5. The molecule has 0 aromatic heterocycles. The lowest BCUT2D eigenvalue weighted by atomic mass is 9.87. The summed E-state index contributed by atoms with van der Waals surface area (Å²) >= 11 is 0. The molecule has 6 atom stereocenters. The number of ether oxygens (including phenoxy) is 4. The van der Waals surface area contributed by atoms with Crippen molar-refractivity contribution in [3.63, 3.8) is 0 Å². The van der Waals surface area contributed by atoms with Gasteiger partial charge in [-0.25, -0.2) is 0 Å². The van der Waals surface area contributed by atoms with E-state index in [2.05, 4.69) is 110 Å². The number of nitrogens with zero attached hydrogens (tertiary/aromatic N) is 4. The van der Waals surface area contributed by atoms with E-state index in [1.807, 2.05) is 0 Å². The summed E-state index contributed by atoms with van der Waals surface area (Å²) in [6.07, 6.45) is 91.2. The summed E-state index contributed by atoms with van der Waals surface area (Å²) in [7, 11) is 8.56. The zero-order valence-corrected chi connectivity index (χ0v) is 88.8. The van der Waals surface area contributed by atoms with Gasteiger partial charge in [0.05, 0.1) is 13.2 Å². The van der Waals surface area contributed by atoms with E-state index >= 15 is 0 Å². The van der Waals surface area contributed by atoms with Crippen molar-refractivity contribution in [3.8, 4) is 0 Å². The van der Waals surface area contributed by atoms with Gasteiger partial charge in [-0.05, 0) is 207 Å². The van der Waals surface area contributed by atoms with Crippen LogP contribution in [0.5, 0.6) is 0 Å². The Kier molecular flexibility index (Phi) is 94.0. The first-order valence-electron chi connectivity index (χ1n) is 57.5. The van der Waals surface area contributed by atoms with Gasteiger partial charge in [-0.1, -0.05) is 409 Å². The molecule has 0 aliphatic heterocycles. The van der Waals surface area contributed by atoms with Crippen molar-refractivity contribution in [3.05, 3.63) is 0 Å². The minimum absolute atomic E-state index is 0.00419. The van der Waals surface area contributed by atoms with Crippen molar-refractivity contribution in [2.45, 2.75) is 620 Å². The van der Waals surface area contributed by atoms with Gasteiger partial charge in [-0.15, -0.1) is 0 Å². The van der Waals surface area contributed by atoms with Crippen molar-refractivity contribution in [1.82, 2.24) is 19.6 Å². The Labute approximate surface area is 803 Å². The fraction of sp³-hybridized carbons (Fsp3) is 0.948. The van der Waals surface area contributed by atoms with Crippen molar-refractivity contribution in [2.24, 2.45) is 17.8 Å². The zero-order chi connectivity index (χ0) is 94.6. The van der Waals surface area contributed by atoms with Crippen LogP contribution in [0.25, 0.3) is 0 Å². The molecular formula is C115H224N4O10. The molecule has 129 heavy (non-hydrogen) atoms. The Morgan fingerprint density at radius 2 is 0.419 bits per heavy atom. The topological polar surface area (TPSA) is 152 Å². The maximum atomic E-state index is 14.2. The molecular weight excluding hydrogens is 1600 g/mol. The second-order valence-corrected chi connectivity index (χ2v) is 41.4. The Morgan fingerprint density at radius 3 is 0.729 bits per heavy atom. The molecule has 0 aliphatic carbocycles. The molecule has 0 rings (SSSR count). The monoisotopic (exact) mass is 1820 g/mol. The highest BCUT2D eigenvalue weighted by Gasteiger charge is 2.27. The van der Waals surface area contributed by atoms with E-state index < -0.39 is 0 Å². The number of carbonyl (C=O) groups is 6. The van der Waals surface area contributed by atoms with Crippen LogP contribution < -0.4 is 0 Å². The Bertz CT molecular complexity index is 2410. The van der Waals surface area contributed by atoms with E-state index in [9.17, 15) is 28.8 Å². The number of hydrogen-bond donors (Lipinski definition) is 0. The predicted octanol–water partition coefficient (Wildman–Crippen LogP) is 33.8. The van der Waals surface area contributed by atoms with Gasteiger partial charge in [0, 0.05) is 63.7 Å². The first-order chi connectivity index (χ1) is 62.9. The lowest BCUT2D eigenvalue weighted by molar-refractivity contribution is -0.151. The molecule has 0 aromatic rings. The average Bonchev–Trinajstić information content (AvgIpc) is 0.884. The van der Waals surface area contributed by atoms with Crippen LogP contribution in [0.1, 0.15) is 595 Å². The van der Waals surface area contributed by atoms with E-state index in [0.29, 0.717) is 81.3 Å². The van der Waals surface area contributed by atoms with Crippen LogP contribution in [-0.2, 0) is 47.7 Å². The van der Waals surface area contributed by atoms with Gasteiger partial charge in [-0.3, -0.25) is 28.8 Å². The van der Waals surface area contributed by atoms with Crippen molar-refractivity contribution >= 4 is 35.7 Å². The van der Waals surface area contributed by atoms with Crippen LogP contribution in [0.15, 0.2) is 0 Å². The molecule has 0 saturated carbocycles. The molecule has 0 radical (unpaired) electrons. The lowest BCUT2D eigenvalue weighted by Gasteiger charge is -2.33. The number of esters is 4. The fourth-order valence-corrected chi connectivity index (χ4v) is 19.6. The van der Waals surface area contributed by atoms with Crippen LogP contribution in [0.3, 0.4) is 0 Å². The molecule has 14 nitrogen and oxygen atoms in total. The third kappa shape index (κ3) is 82.7. The van der Waals surface area contributed by atoms with Gasteiger partial charge >= 0.3 is 23.9 Å². The van der Waals surface area contributed by atoms with Gasteiger partial charge < -0.3 is 38.5 Å². The molecule has 6 unspecified atom stereocenters. The Hall–Kier alpha value is -3.26. The maximum Gasteiger partial charge on any atom is 0.306 e. The molecule has 2 amide bonds. The van der Waals surface area contributed by atoms with Gasteiger partial charge in [0.2, 0.25) is 11.8 Å². The Balaban J connectivity index is 5.64. The Morgan fingerprint density at radius 1 is 0.202 bits per heavy atom. The molecule has 0 N–H and O–H groups in total. The van der Waals surface area contributed by atoms with E-state index in [1.54, 1.807) is 0 Å². The summed E-state index contributed by atoms with van der Waals surface area (Å²) in [6, 6.07) is 0.560. The van der Waals surface area contributed by atoms with Crippen LogP contribution >= 0.6 is 0 Å². The maximum absolute atomic E-state index is 14.2. The molecule has 0 aromatic carbocycles. The molecule has 0 aliphatic rings. The summed E-state index contributed by atoms with van der Waals surface area (Å²) in [6.45, 7) is 25.2. The normalized spacial score (nSPS) is 13.2. The lowest BCUT2D eigenvalue weighted by Crippen LogP contribution is -2.41. The molecule has 14 heteroatoms. The van der Waals surface area contributed by atoms with E-state index in [1.165, 1.54) is 225 Å². The van der Waals surface area contributed by atoms with Crippen molar-refractivity contribution in [1.29, 1.82) is 0 Å². The highest BCUT2D eigenvalue weighted by Crippen LogP contribution is 2.31. The summed E-state index contributed by atoms with van der Waals surface area (Å²) in [5.41, 5.74) is 0. The van der Waals surface area contributed by atoms with Gasteiger partial charge in [0.1, 0.15) is 12.2 Å². The van der Waals surface area contributed by atoms with Crippen LogP contribution in [0.2, 0.25) is 0 Å². The minimum Gasteiger partial charge on any atom is -0.465 e. The highest BCUT2D eigenvalue weighted by atomic mass is 16.6. The van der Waals surface area contributed by atoms with Crippen LogP contribution in [0.4, 0.5) is 0 Å².